The van der Waals surface area contributed by atoms with E-state index >= 15 is 0 Å². The Bertz CT molecular complexity index is 311. The standard InChI is InChI=1S/C11H17F3N2O.ClH/c12-11(13,14)4-3-10(17)16-5-7-1-2-9(15)8(7)6-16;/h7-9H,1-6,15H2;1H. The number of likely N-dealkylation sites (tertiary alicyclic amines) is 1. The van der Waals surface area contributed by atoms with Crippen LogP contribution in [0.4, 0.5) is 13.2 Å². The molecule has 0 bridgehead atoms. The Morgan fingerprint density at radius 3 is 2.50 bits per heavy atom. The van der Waals surface area contributed by atoms with Gasteiger partial charge in [0.2, 0.25) is 5.91 Å². The van der Waals surface area contributed by atoms with Crippen LogP contribution >= 0.6 is 12.4 Å². The van der Waals surface area contributed by atoms with Crippen LogP contribution < -0.4 is 5.73 Å². The Labute approximate surface area is 110 Å². The van der Waals surface area contributed by atoms with Gasteiger partial charge in [0, 0.05) is 25.6 Å². The number of fused-ring (bicyclic) bond motifs is 1. The summed E-state index contributed by atoms with van der Waals surface area (Å²) in [7, 11) is 0. The van der Waals surface area contributed by atoms with Gasteiger partial charge in [-0.25, -0.2) is 0 Å². The minimum absolute atomic E-state index is 0. The molecule has 1 aliphatic carbocycles. The van der Waals surface area contributed by atoms with Crippen LogP contribution in [0.15, 0.2) is 0 Å². The van der Waals surface area contributed by atoms with Crippen molar-refractivity contribution in [3.8, 4) is 0 Å². The summed E-state index contributed by atoms with van der Waals surface area (Å²) in [5.41, 5.74) is 5.91. The van der Waals surface area contributed by atoms with Crippen molar-refractivity contribution in [2.45, 2.75) is 37.9 Å². The lowest BCUT2D eigenvalue weighted by atomic mass is 9.98. The number of carbonyl (C=O) groups is 1. The average molecular weight is 287 g/mol. The van der Waals surface area contributed by atoms with Gasteiger partial charge in [-0.3, -0.25) is 4.79 Å². The maximum Gasteiger partial charge on any atom is 0.389 e. The zero-order chi connectivity index (χ0) is 12.6. The molecule has 1 amide bonds. The molecular weight excluding hydrogens is 269 g/mol. The molecule has 0 aromatic rings. The number of carbonyl (C=O) groups excluding carboxylic acids is 1. The monoisotopic (exact) mass is 286 g/mol. The number of alkyl halides is 3. The summed E-state index contributed by atoms with van der Waals surface area (Å²) in [5.74, 6) is 0.314. The Morgan fingerprint density at radius 2 is 1.94 bits per heavy atom. The van der Waals surface area contributed by atoms with Crippen LogP contribution in [0, 0.1) is 11.8 Å². The topological polar surface area (TPSA) is 46.3 Å². The lowest BCUT2D eigenvalue weighted by Crippen LogP contribution is -2.33. The van der Waals surface area contributed by atoms with E-state index in [1.54, 1.807) is 4.90 Å². The Morgan fingerprint density at radius 1 is 1.28 bits per heavy atom. The van der Waals surface area contributed by atoms with Gasteiger partial charge in [-0.1, -0.05) is 0 Å². The van der Waals surface area contributed by atoms with Crippen molar-refractivity contribution in [2.24, 2.45) is 17.6 Å². The Hall–Kier alpha value is -0.490. The van der Waals surface area contributed by atoms with Gasteiger partial charge in [0.05, 0.1) is 6.42 Å². The quantitative estimate of drug-likeness (QED) is 0.843. The molecule has 1 saturated carbocycles. The van der Waals surface area contributed by atoms with Gasteiger partial charge < -0.3 is 10.6 Å². The lowest BCUT2D eigenvalue weighted by molar-refractivity contribution is -0.148. The van der Waals surface area contributed by atoms with Crippen molar-refractivity contribution in [3.05, 3.63) is 0 Å². The van der Waals surface area contributed by atoms with Crippen LogP contribution in [-0.4, -0.2) is 36.1 Å². The van der Waals surface area contributed by atoms with Gasteiger partial charge >= 0.3 is 6.18 Å². The first-order chi connectivity index (χ1) is 7.87. The fraction of sp³-hybridized carbons (Fsp3) is 0.909. The summed E-state index contributed by atoms with van der Waals surface area (Å²) in [6.07, 6.45) is -3.74. The minimum Gasteiger partial charge on any atom is -0.342 e. The fourth-order valence-corrected chi connectivity index (χ4v) is 2.92. The van der Waals surface area contributed by atoms with Crippen LogP contribution in [0.25, 0.3) is 0 Å². The number of hydrogen-bond donors (Lipinski definition) is 1. The normalized spacial score (nSPS) is 31.1. The zero-order valence-electron chi connectivity index (χ0n) is 9.95. The van der Waals surface area contributed by atoms with Crippen LogP contribution in [0.2, 0.25) is 0 Å². The van der Waals surface area contributed by atoms with Gasteiger partial charge in [0.15, 0.2) is 0 Å². The minimum atomic E-state index is -4.25. The highest BCUT2D eigenvalue weighted by atomic mass is 35.5. The molecule has 1 heterocycles. The van der Waals surface area contributed by atoms with Crippen molar-refractivity contribution in [1.82, 2.24) is 4.90 Å². The van der Waals surface area contributed by atoms with Crippen molar-refractivity contribution < 1.29 is 18.0 Å². The SMILES string of the molecule is Cl.NC1CCC2CN(C(=O)CCC(F)(F)F)CC12. The molecule has 3 nitrogen and oxygen atoms in total. The maximum atomic E-state index is 12.0. The molecule has 1 saturated heterocycles. The first kappa shape index (κ1) is 15.6. The molecule has 2 fully saturated rings. The van der Waals surface area contributed by atoms with Crippen LogP contribution in [0.1, 0.15) is 25.7 Å². The first-order valence-corrected chi connectivity index (χ1v) is 5.97. The summed E-state index contributed by atoms with van der Waals surface area (Å²) >= 11 is 0. The molecule has 3 unspecified atom stereocenters. The van der Waals surface area contributed by atoms with E-state index in [2.05, 4.69) is 0 Å². The number of nitrogens with zero attached hydrogens (tertiary/aromatic N) is 1. The predicted octanol–water partition coefficient (Wildman–Crippen LogP) is 1.95. The predicted molar refractivity (Wildman–Crippen MR) is 63.3 cm³/mol. The van der Waals surface area contributed by atoms with E-state index in [0.29, 0.717) is 24.9 Å². The molecule has 18 heavy (non-hydrogen) atoms. The highest BCUT2D eigenvalue weighted by Gasteiger charge is 2.42. The lowest BCUT2D eigenvalue weighted by Gasteiger charge is -2.19. The molecule has 1 aliphatic heterocycles. The number of amides is 1. The molecule has 2 aliphatic rings. The smallest absolute Gasteiger partial charge is 0.342 e. The number of rotatable bonds is 2. The molecule has 106 valence electrons. The molecule has 0 radical (unpaired) electrons. The molecule has 7 heteroatoms. The summed E-state index contributed by atoms with van der Waals surface area (Å²) in [6.45, 7) is 1.14. The van der Waals surface area contributed by atoms with Gasteiger partial charge in [-0.05, 0) is 24.7 Å². The number of hydrogen-bond acceptors (Lipinski definition) is 2. The van der Waals surface area contributed by atoms with Crippen molar-refractivity contribution >= 4 is 18.3 Å². The fourth-order valence-electron chi connectivity index (χ4n) is 2.92. The van der Waals surface area contributed by atoms with Gasteiger partial charge in [-0.15, -0.1) is 12.4 Å². The summed E-state index contributed by atoms with van der Waals surface area (Å²) in [5, 5.41) is 0. The van der Waals surface area contributed by atoms with Crippen molar-refractivity contribution in [2.75, 3.05) is 13.1 Å². The average Bonchev–Trinajstić information content (AvgIpc) is 2.77. The Balaban J connectivity index is 0.00000162. The molecular formula is C11H18ClF3N2O. The second-order valence-corrected chi connectivity index (χ2v) is 5.08. The van der Waals surface area contributed by atoms with E-state index < -0.39 is 19.0 Å². The maximum absolute atomic E-state index is 12.0. The molecule has 2 N–H and O–H groups in total. The summed E-state index contributed by atoms with van der Waals surface area (Å²) < 4.78 is 36.0. The second kappa shape index (κ2) is 5.65. The van der Waals surface area contributed by atoms with E-state index in [1.807, 2.05) is 0 Å². The van der Waals surface area contributed by atoms with Crippen LogP contribution in [-0.2, 0) is 4.79 Å². The van der Waals surface area contributed by atoms with E-state index in [4.69, 9.17) is 5.73 Å². The van der Waals surface area contributed by atoms with Gasteiger partial charge in [0.1, 0.15) is 0 Å². The van der Waals surface area contributed by atoms with Gasteiger partial charge in [0.25, 0.3) is 0 Å². The summed E-state index contributed by atoms with van der Waals surface area (Å²) in [6, 6.07) is 0.111. The third-order valence-electron chi connectivity index (χ3n) is 3.89. The van der Waals surface area contributed by atoms with E-state index in [0.717, 1.165) is 12.8 Å². The van der Waals surface area contributed by atoms with E-state index in [9.17, 15) is 18.0 Å². The highest BCUT2D eigenvalue weighted by Crippen LogP contribution is 2.37. The first-order valence-electron chi connectivity index (χ1n) is 5.97. The van der Waals surface area contributed by atoms with Crippen LogP contribution in [0.3, 0.4) is 0 Å². The molecule has 0 spiro atoms. The molecule has 2 rings (SSSR count). The largest absolute Gasteiger partial charge is 0.389 e. The third-order valence-corrected chi connectivity index (χ3v) is 3.89. The molecule has 0 aromatic carbocycles. The van der Waals surface area contributed by atoms with E-state index in [1.165, 1.54) is 0 Å². The zero-order valence-corrected chi connectivity index (χ0v) is 10.8. The number of nitrogens with two attached hydrogens (primary N) is 1. The van der Waals surface area contributed by atoms with Crippen molar-refractivity contribution in [3.63, 3.8) is 0 Å². The van der Waals surface area contributed by atoms with Gasteiger partial charge in [-0.2, -0.15) is 13.2 Å². The van der Waals surface area contributed by atoms with Crippen molar-refractivity contribution in [1.29, 1.82) is 0 Å². The third kappa shape index (κ3) is 3.51. The highest BCUT2D eigenvalue weighted by molar-refractivity contribution is 5.85. The summed E-state index contributed by atoms with van der Waals surface area (Å²) in [4.78, 5) is 13.2. The Kier molecular flexibility index (Phi) is 4.89. The van der Waals surface area contributed by atoms with E-state index in [-0.39, 0.29) is 24.4 Å². The number of halogens is 4. The molecule has 3 atom stereocenters. The molecule has 0 aromatic heterocycles. The van der Waals surface area contributed by atoms with Crippen LogP contribution in [0.5, 0.6) is 0 Å². The second-order valence-electron chi connectivity index (χ2n) is 5.08.